The predicted octanol–water partition coefficient (Wildman–Crippen LogP) is 8.41. The molecule has 0 radical (unpaired) electrons. The number of hydrogen-bond donors (Lipinski definition) is 2. The van der Waals surface area contributed by atoms with Gasteiger partial charge in [0.15, 0.2) is 11.5 Å². The number of nitrogens with zero attached hydrogens (tertiary/aromatic N) is 2. The van der Waals surface area contributed by atoms with E-state index in [0.717, 1.165) is 44.9 Å². The molecule has 12 nitrogen and oxygen atoms in total. The van der Waals surface area contributed by atoms with E-state index in [1.54, 1.807) is 56.7 Å². The van der Waals surface area contributed by atoms with Gasteiger partial charge in [-0.3, -0.25) is 9.59 Å². The van der Waals surface area contributed by atoms with Crippen LogP contribution in [0.1, 0.15) is 113 Å². The van der Waals surface area contributed by atoms with Crippen LogP contribution in [0.15, 0.2) is 54.7 Å². The molecule has 2 N–H and O–H groups in total. The molecule has 0 fully saturated rings. The largest absolute Gasteiger partial charge is 0.497 e. The number of fused-ring (bicyclic) bond motifs is 1. The number of hydrogen-bond acceptors (Lipinski definition) is 9. The molecule has 3 aromatic rings. The van der Waals surface area contributed by atoms with Gasteiger partial charge < -0.3 is 39.2 Å². The summed E-state index contributed by atoms with van der Waals surface area (Å²) in [5, 5.41) is 6.17. The van der Waals surface area contributed by atoms with Crippen LogP contribution in [0.3, 0.4) is 0 Å². The van der Waals surface area contributed by atoms with Gasteiger partial charge in [0.25, 0.3) is 5.91 Å². The number of alkyl carbamates (subject to hydrolysis) is 1. The van der Waals surface area contributed by atoms with Crippen molar-refractivity contribution in [1.29, 1.82) is 0 Å². The first-order chi connectivity index (χ1) is 26.0. The van der Waals surface area contributed by atoms with Crippen LogP contribution in [0.25, 0.3) is 0 Å². The molecule has 0 saturated heterocycles. The zero-order chi connectivity index (χ0) is 38.9. The van der Waals surface area contributed by atoms with Gasteiger partial charge in [0.1, 0.15) is 28.3 Å². The highest BCUT2D eigenvalue weighted by Crippen LogP contribution is 2.37. The quantitative estimate of drug-likeness (QED) is 0.0809. The van der Waals surface area contributed by atoms with Crippen molar-refractivity contribution in [3.8, 4) is 23.0 Å². The second-order valence-electron chi connectivity index (χ2n) is 14.3. The average molecular weight is 767 g/mol. The summed E-state index contributed by atoms with van der Waals surface area (Å²) in [5.74, 6) is 1.45. The van der Waals surface area contributed by atoms with Crippen molar-refractivity contribution in [2.75, 3.05) is 34.1 Å². The molecule has 0 aliphatic carbocycles. The monoisotopic (exact) mass is 766 g/mol. The Kier molecular flexibility index (Phi) is 16.5. The molecule has 1 aliphatic rings. The van der Waals surface area contributed by atoms with E-state index >= 15 is 0 Å². The molecule has 1 aliphatic heterocycles. The van der Waals surface area contributed by atoms with E-state index in [1.165, 1.54) is 30.4 Å². The number of halogens is 1. The highest BCUT2D eigenvalue weighted by molar-refractivity contribution is 6.29. The summed E-state index contributed by atoms with van der Waals surface area (Å²) in [6.45, 7) is 6.79. The maximum Gasteiger partial charge on any atom is 0.407 e. The minimum atomic E-state index is -1.03. The van der Waals surface area contributed by atoms with Crippen molar-refractivity contribution >= 4 is 29.5 Å². The van der Waals surface area contributed by atoms with E-state index in [1.807, 2.05) is 26.8 Å². The number of carbonyl (C=O) groups is 3. The maximum absolute atomic E-state index is 14.3. The molecule has 1 unspecified atom stereocenters. The van der Waals surface area contributed by atoms with Crippen LogP contribution in [0.2, 0.25) is 5.15 Å². The van der Waals surface area contributed by atoms with Crippen LogP contribution in [0, 0.1) is 0 Å². The standard InChI is InChI=1S/C41H55ClN4O8/c1-41(2,3)54-40(49)44-23-15-13-11-9-7-6-8-10-12-14-22-43-38(47)37(29-17-20-33-35(24-29)53-28-52-33)46(39(48)30-18-21-36(42)45-26-30)27-31-16-19-32(50-4)25-34(31)51-5/h16-21,24-26,37H,6-15,22-23,27-28H2,1-5H3,(H,43,47)(H,44,49). The van der Waals surface area contributed by atoms with Crippen LogP contribution in [0.4, 0.5) is 4.79 Å². The summed E-state index contributed by atoms with van der Waals surface area (Å²) in [5.41, 5.74) is 1.05. The Morgan fingerprint density at radius 2 is 1.46 bits per heavy atom. The summed E-state index contributed by atoms with van der Waals surface area (Å²) >= 11 is 6.06. The third-order valence-electron chi connectivity index (χ3n) is 8.91. The van der Waals surface area contributed by atoms with E-state index < -0.39 is 17.6 Å². The van der Waals surface area contributed by atoms with Gasteiger partial charge >= 0.3 is 6.09 Å². The van der Waals surface area contributed by atoms with E-state index in [2.05, 4.69) is 15.6 Å². The predicted molar refractivity (Wildman–Crippen MR) is 207 cm³/mol. The minimum absolute atomic E-state index is 0.0458. The molecule has 1 aromatic heterocycles. The van der Waals surface area contributed by atoms with Gasteiger partial charge in [0, 0.05) is 30.9 Å². The highest BCUT2D eigenvalue weighted by atomic mass is 35.5. The zero-order valence-corrected chi connectivity index (χ0v) is 33.0. The van der Waals surface area contributed by atoms with E-state index in [-0.39, 0.29) is 36.1 Å². The molecule has 0 bridgehead atoms. The Morgan fingerprint density at radius 3 is 2.07 bits per heavy atom. The van der Waals surface area contributed by atoms with Crippen molar-refractivity contribution in [1.82, 2.24) is 20.5 Å². The van der Waals surface area contributed by atoms with Crippen molar-refractivity contribution in [3.05, 3.63) is 76.6 Å². The van der Waals surface area contributed by atoms with Crippen molar-refractivity contribution in [2.45, 2.75) is 103 Å². The van der Waals surface area contributed by atoms with E-state index in [9.17, 15) is 14.4 Å². The number of unbranched alkanes of at least 4 members (excludes halogenated alkanes) is 9. The summed E-state index contributed by atoms with van der Waals surface area (Å²) in [6.07, 6.45) is 11.7. The molecule has 4 rings (SSSR count). The Labute approximate surface area is 324 Å². The summed E-state index contributed by atoms with van der Waals surface area (Å²) < 4.78 is 27.5. The Hall–Kier alpha value is -4.71. The van der Waals surface area contributed by atoms with Gasteiger partial charge in [0.05, 0.1) is 26.3 Å². The number of ether oxygens (including phenoxy) is 5. The topological polar surface area (TPSA) is 138 Å². The lowest BCUT2D eigenvalue weighted by molar-refractivity contribution is -0.126. The number of rotatable bonds is 21. The number of aromatic nitrogens is 1. The third kappa shape index (κ3) is 13.3. The van der Waals surface area contributed by atoms with Crippen molar-refractivity contribution < 1.29 is 38.1 Å². The fourth-order valence-corrected chi connectivity index (χ4v) is 6.26. The van der Waals surface area contributed by atoms with Gasteiger partial charge in [-0.15, -0.1) is 0 Å². The van der Waals surface area contributed by atoms with Crippen LogP contribution < -0.4 is 29.6 Å². The molecular formula is C41H55ClN4O8. The SMILES string of the molecule is COc1ccc(CN(C(=O)c2ccc(Cl)nc2)C(C(=O)NCCCCCCCCCCCCNC(=O)OC(C)(C)C)c2ccc3c(c2)OCO3)c(OC)c1. The lowest BCUT2D eigenvalue weighted by Crippen LogP contribution is -2.43. The number of pyridine rings is 1. The number of amides is 3. The molecule has 2 heterocycles. The lowest BCUT2D eigenvalue weighted by atomic mass is 10.0. The first-order valence-corrected chi connectivity index (χ1v) is 19.1. The van der Waals surface area contributed by atoms with Crippen LogP contribution >= 0.6 is 11.6 Å². The summed E-state index contributed by atoms with van der Waals surface area (Å²) in [4.78, 5) is 45.9. The second-order valence-corrected chi connectivity index (χ2v) is 14.6. The molecule has 2 aromatic carbocycles. The second kappa shape index (κ2) is 21.2. The smallest absolute Gasteiger partial charge is 0.407 e. The first kappa shape index (κ1) is 42.0. The number of nitrogens with one attached hydrogen (secondary N) is 2. The average Bonchev–Trinajstić information content (AvgIpc) is 3.62. The molecular weight excluding hydrogens is 712 g/mol. The first-order valence-electron chi connectivity index (χ1n) is 18.8. The zero-order valence-electron chi connectivity index (χ0n) is 32.2. The Balaban J connectivity index is 1.33. The highest BCUT2D eigenvalue weighted by Gasteiger charge is 2.34. The Bertz CT molecular complexity index is 1660. The fourth-order valence-electron chi connectivity index (χ4n) is 6.15. The van der Waals surface area contributed by atoms with Crippen LogP contribution in [0.5, 0.6) is 23.0 Å². The molecule has 3 amide bonds. The molecule has 294 valence electrons. The van der Waals surface area contributed by atoms with Crippen molar-refractivity contribution in [3.63, 3.8) is 0 Å². The molecule has 0 saturated carbocycles. The maximum atomic E-state index is 14.3. The third-order valence-corrected chi connectivity index (χ3v) is 9.14. The molecule has 54 heavy (non-hydrogen) atoms. The fraction of sp³-hybridized carbons (Fsp3) is 0.512. The minimum Gasteiger partial charge on any atom is -0.497 e. The molecule has 13 heteroatoms. The number of methoxy groups -OCH3 is 2. The molecule has 1 atom stereocenters. The normalized spacial score (nSPS) is 12.5. The Morgan fingerprint density at radius 1 is 0.815 bits per heavy atom. The van der Waals surface area contributed by atoms with Crippen LogP contribution in [-0.2, 0) is 16.1 Å². The van der Waals surface area contributed by atoms with Gasteiger partial charge in [-0.1, -0.05) is 69.0 Å². The summed E-state index contributed by atoms with van der Waals surface area (Å²) in [7, 11) is 3.12. The van der Waals surface area contributed by atoms with Gasteiger partial charge in [-0.25, -0.2) is 9.78 Å². The summed E-state index contributed by atoms with van der Waals surface area (Å²) in [6, 6.07) is 12.7. The lowest BCUT2D eigenvalue weighted by Gasteiger charge is -2.32. The number of benzene rings is 2. The van der Waals surface area contributed by atoms with E-state index in [4.69, 9.17) is 35.3 Å². The number of carbonyl (C=O) groups excluding carboxylic acids is 3. The van der Waals surface area contributed by atoms with Crippen LogP contribution in [-0.4, -0.2) is 67.5 Å². The van der Waals surface area contributed by atoms with Gasteiger partial charge in [-0.05, 0) is 75.6 Å². The van der Waals surface area contributed by atoms with E-state index in [0.29, 0.717) is 47.2 Å². The van der Waals surface area contributed by atoms with Gasteiger partial charge in [-0.2, -0.15) is 0 Å². The molecule has 0 spiro atoms. The van der Waals surface area contributed by atoms with Crippen molar-refractivity contribution in [2.24, 2.45) is 0 Å². The van der Waals surface area contributed by atoms with Gasteiger partial charge in [0.2, 0.25) is 12.7 Å².